The quantitative estimate of drug-likeness (QED) is 0.151. The van der Waals surface area contributed by atoms with E-state index in [-0.39, 0.29) is 5.41 Å². The molecule has 0 radical (unpaired) electrons. The molecule has 72 heavy (non-hydrogen) atoms. The highest BCUT2D eigenvalue weighted by molar-refractivity contribution is 7.25. The fraction of sp³-hybridized carbons (Fsp3) is 0.0435. The highest BCUT2D eigenvalue weighted by Crippen LogP contribution is 2.54. The second-order valence-corrected chi connectivity index (χ2v) is 20.7. The van der Waals surface area contributed by atoms with Crippen molar-refractivity contribution in [1.82, 2.24) is 0 Å². The monoisotopic (exact) mass is 937 g/mol. The van der Waals surface area contributed by atoms with Gasteiger partial charge in [0, 0.05) is 53.4 Å². The van der Waals surface area contributed by atoms with E-state index in [4.69, 9.17) is 4.42 Å². The molecule has 1 aliphatic carbocycles. The summed E-state index contributed by atoms with van der Waals surface area (Å²) in [5.74, 6) is 0. The minimum atomic E-state index is -0.186. The Hall–Kier alpha value is -8.76. The maximum atomic E-state index is 6.31. The van der Waals surface area contributed by atoms with Gasteiger partial charge in [0.25, 0.3) is 0 Å². The zero-order chi connectivity index (χ0) is 47.9. The summed E-state index contributed by atoms with van der Waals surface area (Å²) in [6, 6.07) is 91.2. The molecule has 0 aliphatic heterocycles. The second kappa shape index (κ2) is 16.7. The van der Waals surface area contributed by atoms with Crippen molar-refractivity contribution in [2.24, 2.45) is 0 Å². The largest absolute Gasteiger partial charge is 0.456 e. The van der Waals surface area contributed by atoms with Crippen LogP contribution < -0.4 is 4.90 Å². The first-order chi connectivity index (χ1) is 35.4. The van der Waals surface area contributed by atoms with Crippen molar-refractivity contribution < 1.29 is 4.42 Å². The molecule has 0 bridgehead atoms. The van der Waals surface area contributed by atoms with E-state index in [0.29, 0.717) is 0 Å². The van der Waals surface area contributed by atoms with Crippen molar-refractivity contribution in [3.05, 3.63) is 260 Å². The standard InChI is InChI=1S/C69H47NOS/c1-69(2)61-38-32-49(40-60(61)67-59(46-17-7-4-8-18-46)41-51(42-62(67)69)44-15-5-3-6-16-44)48-19-13-20-54(39-48)70(52-33-27-45(28-34-52)50-31-37-57-56-21-10-12-26-65(56)72-66(57)43-50)53-35-29-47(30-36-53)55-23-14-25-64-68(55)58-22-9-11-24-63(58)71-64/h3-43H,1-2H3. The van der Waals surface area contributed by atoms with E-state index in [1.807, 2.05) is 23.5 Å². The van der Waals surface area contributed by atoms with E-state index in [9.17, 15) is 0 Å². The number of para-hydroxylation sites is 1. The molecule has 11 aromatic carbocycles. The first-order valence-electron chi connectivity index (χ1n) is 24.8. The summed E-state index contributed by atoms with van der Waals surface area (Å²) in [7, 11) is 0. The van der Waals surface area contributed by atoms with Gasteiger partial charge in [0.1, 0.15) is 11.2 Å². The Bertz CT molecular complexity index is 4220. The minimum absolute atomic E-state index is 0.186. The highest BCUT2D eigenvalue weighted by atomic mass is 32.1. The molecular formula is C69H47NOS. The third-order valence-corrected chi connectivity index (χ3v) is 16.2. The van der Waals surface area contributed by atoms with Crippen LogP contribution in [0.25, 0.3) is 109 Å². The lowest BCUT2D eigenvalue weighted by molar-refractivity contribution is 0.661. The molecule has 340 valence electrons. The maximum absolute atomic E-state index is 6.31. The van der Waals surface area contributed by atoms with Gasteiger partial charge in [0.15, 0.2) is 0 Å². The second-order valence-electron chi connectivity index (χ2n) is 19.6. The predicted molar refractivity (Wildman–Crippen MR) is 306 cm³/mol. The Morgan fingerprint density at radius 2 is 0.889 bits per heavy atom. The number of anilines is 3. The van der Waals surface area contributed by atoms with E-state index < -0.39 is 0 Å². The number of hydrogen-bond acceptors (Lipinski definition) is 3. The van der Waals surface area contributed by atoms with Crippen molar-refractivity contribution in [3.63, 3.8) is 0 Å². The van der Waals surface area contributed by atoms with Gasteiger partial charge < -0.3 is 9.32 Å². The van der Waals surface area contributed by atoms with E-state index in [2.05, 4.69) is 255 Å². The predicted octanol–water partition coefficient (Wildman–Crippen LogP) is 20.1. The Morgan fingerprint density at radius 3 is 1.68 bits per heavy atom. The normalized spacial score (nSPS) is 12.7. The smallest absolute Gasteiger partial charge is 0.136 e. The Labute approximate surface area is 423 Å². The van der Waals surface area contributed by atoms with Crippen LogP contribution in [0.2, 0.25) is 0 Å². The number of fused-ring (bicyclic) bond motifs is 9. The van der Waals surface area contributed by atoms with Gasteiger partial charge in [-0.2, -0.15) is 0 Å². The number of hydrogen-bond donors (Lipinski definition) is 0. The molecule has 0 unspecified atom stereocenters. The lowest BCUT2D eigenvalue weighted by atomic mass is 9.80. The summed E-state index contributed by atoms with van der Waals surface area (Å²) >= 11 is 1.86. The Kier molecular flexibility index (Phi) is 9.77. The first kappa shape index (κ1) is 42.1. The van der Waals surface area contributed by atoms with Gasteiger partial charge in [-0.25, -0.2) is 0 Å². The van der Waals surface area contributed by atoms with Crippen LogP contribution in [-0.2, 0) is 5.41 Å². The summed E-state index contributed by atoms with van der Waals surface area (Å²) in [5, 5.41) is 4.90. The van der Waals surface area contributed by atoms with Gasteiger partial charge >= 0.3 is 0 Å². The molecule has 2 aromatic heterocycles. The maximum Gasteiger partial charge on any atom is 0.136 e. The highest BCUT2D eigenvalue weighted by Gasteiger charge is 2.38. The van der Waals surface area contributed by atoms with Crippen molar-refractivity contribution in [2.75, 3.05) is 4.90 Å². The fourth-order valence-corrected chi connectivity index (χ4v) is 12.6. The number of benzene rings is 11. The van der Waals surface area contributed by atoms with Crippen LogP contribution in [0.3, 0.4) is 0 Å². The van der Waals surface area contributed by atoms with Crippen molar-refractivity contribution in [3.8, 4) is 66.8 Å². The van der Waals surface area contributed by atoms with Crippen LogP contribution in [0.5, 0.6) is 0 Å². The van der Waals surface area contributed by atoms with Gasteiger partial charge in [0.2, 0.25) is 0 Å². The average molecular weight is 938 g/mol. The molecule has 0 spiro atoms. The molecule has 1 aliphatic rings. The van der Waals surface area contributed by atoms with Gasteiger partial charge in [-0.05, 0) is 157 Å². The van der Waals surface area contributed by atoms with E-state index in [0.717, 1.165) is 55.7 Å². The fourth-order valence-electron chi connectivity index (χ4n) is 11.5. The molecule has 3 heteroatoms. The molecule has 13 aromatic rings. The van der Waals surface area contributed by atoms with Crippen molar-refractivity contribution in [1.29, 1.82) is 0 Å². The molecule has 0 saturated carbocycles. The Morgan fingerprint density at radius 1 is 0.333 bits per heavy atom. The van der Waals surface area contributed by atoms with Crippen LogP contribution in [0.4, 0.5) is 17.1 Å². The van der Waals surface area contributed by atoms with Gasteiger partial charge in [-0.3, -0.25) is 0 Å². The zero-order valence-electron chi connectivity index (χ0n) is 39.9. The van der Waals surface area contributed by atoms with Crippen LogP contribution in [-0.4, -0.2) is 0 Å². The lowest BCUT2D eigenvalue weighted by Gasteiger charge is -2.26. The molecule has 0 N–H and O–H groups in total. The number of rotatable bonds is 8. The van der Waals surface area contributed by atoms with Gasteiger partial charge in [-0.1, -0.05) is 184 Å². The Balaban J connectivity index is 0.882. The van der Waals surface area contributed by atoms with Crippen LogP contribution in [0.1, 0.15) is 25.0 Å². The lowest BCUT2D eigenvalue weighted by Crippen LogP contribution is -2.15. The summed E-state index contributed by atoms with van der Waals surface area (Å²) in [6.07, 6.45) is 0. The average Bonchev–Trinajstić information content (AvgIpc) is 4.08. The SMILES string of the molecule is CC1(C)c2ccc(-c3cccc(N(c4ccc(-c5ccc6c(c5)sc5ccccc56)cc4)c4ccc(-c5cccc6oc7ccccc7c56)cc4)c3)cc2-c2c(-c3ccccc3)cc(-c3ccccc3)cc21. The molecule has 2 heterocycles. The molecular weight excluding hydrogens is 891 g/mol. The topological polar surface area (TPSA) is 16.4 Å². The molecule has 14 rings (SSSR count). The van der Waals surface area contributed by atoms with E-state index in [1.54, 1.807) is 0 Å². The summed E-state index contributed by atoms with van der Waals surface area (Å²) in [5.41, 5.74) is 22.2. The van der Waals surface area contributed by atoms with Crippen molar-refractivity contribution in [2.45, 2.75) is 19.3 Å². The van der Waals surface area contributed by atoms with Gasteiger partial charge in [0.05, 0.1) is 0 Å². The molecule has 0 atom stereocenters. The summed E-state index contributed by atoms with van der Waals surface area (Å²) in [6.45, 7) is 4.77. The van der Waals surface area contributed by atoms with Crippen LogP contribution in [0.15, 0.2) is 253 Å². The van der Waals surface area contributed by atoms with E-state index in [1.165, 1.54) is 81.4 Å². The molecule has 2 nitrogen and oxygen atoms in total. The minimum Gasteiger partial charge on any atom is -0.456 e. The summed E-state index contributed by atoms with van der Waals surface area (Å²) in [4.78, 5) is 2.39. The third kappa shape index (κ3) is 6.92. The molecule has 0 amide bonds. The number of nitrogens with zero attached hydrogens (tertiary/aromatic N) is 1. The zero-order valence-corrected chi connectivity index (χ0v) is 40.8. The molecule has 0 fully saturated rings. The van der Waals surface area contributed by atoms with Crippen LogP contribution >= 0.6 is 11.3 Å². The van der Waals surface area contributed by atoms with Crippen molar-refractivity contribution >= 4 is 70.5 Å². The molecule has 0 saturated heterocycles. The summed E-state index contributed by atoms with van der Waals surface area (Å²) < 4.78 is 8.94. The van der Waals surface area contributed by atoms with E-state index >= 15 is 0 Å². The van der Waals surface area contributed by atoms with Crippen LogP contribution in [0, 0.1) is 0 Å². The number of furan rings is 1. The first-order valence-corrected chi connectivity index (χ1v) is 25.6. The number of thiophene rings is 1. The third-order valence-electron chi connectivity index (χ3n) is 15.1. The van der Waals surface area contributed by atoms with Gasteiger partial charge in [-0.15, -0.1) is 11.3 Å².